The number of hydrogen-bond donors (Lipinski definition) is 1. The van der Waals surface area contributed by atoms with Crippen molar-refractivity contribution in [2.45, 2.75) is 13.8 Å². The van der Waals surface area contributed by atoms with Gasteiger partial charge in [-0.2, -0.15) is 0 Å². The van der Waals surface area contributed by atoms with E-state index < -0.39 is 0 Å². The number of thiophene rings is 1. The Bertz CT molecular complexity index is 782. The molecule has 0 amide bonds. The molecule has 3 aromatic rings. The van der Waals surface area contributed by atoms with Crippen LogP contribution >= 0.6 is 34.5 Å². The summed E-state index contributed by atoms with van der Waals surface area (Å²) in [6, 6.07) is 0. The van der Waals surface area contributed by atoms with Crippen LogP contribution in [0.15, 0.2) is 12.7 Å². The summed E-state index contributed by atoms with van der Waals surface area (Å²) in [5.41, 5.74) is 1.58. The SMILES string of the molecule is Cc1sc2ncnc(Nc3c(Cl)ncnc3Cl)c2c1C. The number of nitrogens with one attached hydrogen (secondary N) is 1. The molecule has 5 nitrogen and oxygen atoms in total. The Labute approximate surface area is 129 Å². The van der Waals surface area contributed by atoms with E-state index in [1.54, 1.807) is 11.3 Å². The van der Waals surface area contributed by atoms with E-state index in [-0.39, 0.29) is 10.3 Å². The molecule has 3 heterocycles. The fraction of sp³-hybridized carbons (Fsp3) is 0.167. The molecular formula is C12H9Cl2N5S. The number of aryl methyl sites for hydroxylation is 2. The second kappa shape index (κ2) is 5.12. The lowest BCUT2D eigenvalue weighted by Crippen LogP contribution is -1.99. The van der Waals surface area contributed by atoms with Gasteiger partial charge >= 0.3 is 0 Å². The summed E-state index contributed by atoms with van der Waals surface area (Å²) in [5, 5.41) is 4.57. The average molecular weight is 326 g/mol. The molecule has 0 saturated heterocycles. The van der Waals surface area contributed by atoms with Crippen LogP contribution in [0.1, 0.15) is 10.4 Å². The molecule has 102 valence electrons. The van der Waals surface area contributed by atoms with E-state index >= 15 is 0 Å². The summed E-state index contributed by atoms with van der Waals surface area (Å²) >= 11 is 13.7. The maximum Gasteiger partial charge on any atom is 0.157 e. The van der Waals surface area contributed by atoms with Gasteiger partial charge in [-0.05, 0) is 19.4 Å². The van der Waals surface area contributed by atoms with Gasteiger partial charge in [0.05, 0.1) is 5.39 Å². The van der Waals surface area contributed by atoms with Crippen LogP contribution < -0.4 is 5.32 Å². The molecule has 0 bridgehead atoms. The first-order valence-electron chi connectivity index (χ1n) is 5.71. The summed E-state index contributed by atoms with van der Waals surface area (Å²) in [4.78, 5) is 18.5. The molecule has 0 aliphatic rings. The molecule has 0 fully saturated rings. The fourth-order valence-electron chi connectivity index (χ4n) is 1.84. The minimum absolute atomic E-state index is 0.251. The van der Waals surface area contributed by atoms with Crippen molar-refractivity contribution < 1.29 is 0 Å². The lowest BCUT2D eigenvalue weighted by molar-refractivity contribution is 1.16. The number of anilines is 2. The Morgan fingerprint density at radius 2 is 1.65 bits per heavy atom. The largest absolute Gasteiger partial charge is 0.335 e. The molecule has 0 radical (unpaired) electrons. The smallest absolute Gasteiger partial charge is 0.157 e. The van der Waals surface area contributed by atoms with E-state index in [1.165, 1.54) is 17.5 Å². The molecule has 3 rings (SSSR count). The second-order valence-corrected chi connectivity index (χ2v) is 6.06. The van der Waals surface area contributed by atoms with Gasteiger partial charge in [-0.3, -0.25) is 0 Å². The number of rotatable bonds is 2. The van der Waals surface area contributed by atoms with E-state index in [1.807, 2.05) is 6.92 Å². The van der Waals surface area contributed by atoms with Crippen LogP contribution in [0.4, 0.5) is 11.5 Å². The second-order valence-electron chi connectivity index (χ2n) is 4.14. The van der Waals surface area contributed by atoms with Crippen molar-refractivity contribution in [1.82, 2.24) is 19.9 Å². The van der Waals surface area contributed by atoms with Crippen LogP contribution in [-0.4, -0.2) is 19.9 Å². The first kappa shape index (κ1) is 13.5. The van der Waals surface area contributed by atoms with Crippen LogP contribution in [0.2, 0.25) is 10.3 Å². The van der Waals surface area contributed by atoms with Crippen molar-refractivity contribution in [3.05, 3.63) is 33.4 Å². The number of halogens is 2. The molecule has 0 aromatic carbocycles. The average Bonchev–Trinajstić information content (AvgIpc) is 2.71. The highest BCUT2D eigenvalue weighted by Gasteiger charge is 2.15. The first-order chi connectivity index (χ1) is 9.58. The summed E-state index contributed by atoms with van der Waals surface area (Å²) in [5.74, 6) is 0.649. The van der Waals surface area contributed by atoms with E-state index in [0.29, 0.717) is 11.5 Å². The highest BCUT2D eigenvalue weighted by atomic mass is 35.5. The van der Waals surface area contributed by atoms with Crippen molar-refractivity contribution in [2.75, 3.05) is 5.32 Å². The van der Waals surface area contributed by atoms with E-state index in [4.69, 9.17) is 23.2 Å². The van der Waals surface area contributed by atoms with Crippen LogP contribution in [0.3, 0.4) is 0 Å². The first-order valence-corrected chi connectivity index (χ1v) is 7.29. The van der Waals surface area contributed by atoms with Gasteiger partial charge < -0.3 is 5.32 Å². The summed E-state index contributed by atoms with van der Waals surface area (Å²) in [7, 11) is 0. The Morgan fingerprint density at radius 3 is 2.35 bits per heavy atom. The van der Waals surface area contributed by atoms with Crippen molar-refractivity contribution in [3.8, 4) is 0 Å². The Kier molecular flexibility index (Phi) is 3.45. The topological polar surface area (TPSA) is 63.6 Å². The highest BCUT2D eigenvalue weighted by molar-refractivity contribution is 7.18. The van der Waals surface area contributed by atoms with Gasteiger partial charge in [0.1, 0.15) is 29.0 Å². The van der Waals surface area contributed by atoms with Crippen molar-refractivity contribution in [2.24, 2.45) is 0 Å². The zero-order valence-corrected chi connectivity index (χ0v) is 12.9. The minimum atomic E-state index is 0.251. The number of aromatic nitrogens is 4. The molecule has 20 heavy (non-hydrogen) atoms. The Balaban J connectivity index is 2.16. The van der Waals surface area contributed by atoms with Crippen LogP contribution in [0.5, 0.6) is 0 Å². The predicted molar refractivity (Wildman–Crippen MR) is 82.2 cm³/mol. The molecule has 0 atom stereocenters. The van der Waals surface area contributed by atoms with Crippen molar-refractivity contribution in [3.63, 3.8) is 0 Å². The third kappa shape index (κ3) is 2.19. The molecule has 0 saturated carbocycles. The van der Waals surface area contributed by atoms with E-state index in [2.05, 4.69) is 32.2 Å². The van der Waals surface area contributed by atoms with Gasteiger partial charge in [-0.25, -0.2) is 19.9 Å². The number of nitrogens with zero attached hydrogens (tertiary/aromatic N) is 4. The monoisotopic (exact) mass is 325 g/mol. The maximum atomic E-state index is 6.04. The standard InChI is InChI=1S/C12H9Cl2N5S/c1-5-6(2)20-12-7(5)11(17-4-18-12)19-8-9(13)15-3-16-10(8)14/h3-4H,1-2H3,(H,17,18,19). The molecular weight excluding hydrogens is 317 g/mol. The van der Waals surface area contributed by atoms with Gasteiger partial charge in [-0.1, -0.05) is 23.2 Å². The lowest BCUT2D eigenvalue weighted by Gasteiger charge is -2.09. The molecule has 0 spiro atoms. The van der Waals surface area contributed by atoms with Gasteiger partial charge in [0.15, 0.2) is 10.3 Å². The van der Waals surface area contributed by atoms with Gasteiger partial charge in [0.2, 0.25) is 0 Å². The summed E-state index contributed by atoms with van der Waals surface area (Å²) in [6.07, 6.45) is 2.82. The quantitative estimate of drug-likeness (QED) is 0.717. The number of fused-ring (bicyclic) bond motifs is 1. The van der Waals surface area contributed by atoms with Gasteiger partial charge in [0, 0.05) is 4.88 Å². The third-order valence-electron chi connectivity index (χ3n) is 2.96. The number of hydrogen-bond acceptors (Lipinski definition) is 6. The minimum Gasteiger partial charge on any atom is -0.335 e. The van der Waals surface area contributed by atoms with Crippen molar-refractivity contribution >= 4 is 56.3 Å². The van der Waals surface area contributed by atoms with Crippen molar-refractivity contribution in [1.29, 1.82) is 0 Å². The van der Waals surface area contributed by atoms with E-state index in [0.717, 1.165) is 15.8 Å². The molecule has 8 heteroatoms. The van der Waals surface area contributed by atoms with E-state index in [9.17, 15) is 0 Å². The normalized spacial score (nSPS) is 11.0. The Morgan fingerprint density at radius 1 is 1.00 bits per heavy atom. The Hall–Kier alpha value is -1.50. The molecule has 1 N–H and O–H groups in total. The van der Waals surface area contributed by atoms with Crippen LogP contribution in [0, 0.1) is 13.8 Å². The molecule has 0 unspecified atom stereocenters. The van der Waals surface area contributed by atoms with Crippen LogP contribution in [0.25, 0.3) is 10.2 Å². The van der Waals surface area contributed by atoms with Gasteiger partial charge in [-0.15, -0.1) is 11.3 Å². The summed E-state index contributed by atoms with van der Waals surface area (Å²) in [6.45, 7) is 4.09. The third-order valence-corrected chi connectivity index (χ3v) is 4.65. The highest BCUT2D eigenvalue weighted by Crippen LogP contribution is 2.36. The zero-order valence-electron chi connectivity index (χ0n) is 10.6. The molecule has 0 aliphatic heterocycles. The lowest BCUT2D eigenvalue weighted by atomic mass is 10.2. The molecule has 0 aliphatic carbocycles. The summed E-state index contributed by atoms with van der Waals surface area (Å²) < 4.78 is 0. The van der Waals surface area contributed by atoms with Gasteiger partial charge in [0.25, 0.3) is 0 Å². The zero-order chi connectivity index (χ0) is 14.3. The fourth-order valence-corrected chi connectivity index (χ4v) is 3.25. The maximum absolute atomic E-state index is 6.04. The predicted octanol–water partition coefficient (Wildman–Crippen LogP) is 4.15. The molecule has 3 aromatic heterocycles. The van der Waals surface area contributed by atoms with Crippen LogP contribution in [-0.2, 0) is 0 Å².